The minimum absolute atomic E-state index is 0.182. The molecule has 1 aromatic rings. The van der Waals surface area contributed by atoms with Gasteiger partial charge in [0.25, 0.3) is 0 Å². The fraction of sp³-hybridized carbons (Fsp3) is 0.630. The maximum absolute atomic E-state index is 14.4. The second-order valence-electron chi connectivity index (χ2n) is 9.91. The zero-order valence-corrected chi connectivity index (χ0v) is 17.9. The van der Waals surface area contributed by atoms with Gasteiger partial charge in [0, 0.05) is 0 Å². The van der Waals surface area contributed by atoms with E-state index in [1.165, 1.54) is 38.5 Å². The maximum atomic E-state index is 14.4. The minimum atomic E-state index is -0.659. The highest BCUT2D eigenvalue weighted by molar-refractivity contribution is 5.28. The Hall–Kier alpha value is -1.44. The van der Waals surface area contributed by atoms with Crippen molar-refractivity contribution < 1.29 is 8.78 Å². The van der Waals surface area contributed by atoms with Crippen LogP contribution in [0.5, 0.6) is 0 Å². The van der Waals surface area contributed by atoms with Crippen molar-refractivity contribution in [1.82, 2.24) is 0 Å². The largest absolute Gasteiger partial charge is 0.203 e. The van der Waals surface area contributed by atoms with Crippen LogP contribution in [-0.4, -0.2) is 0 Å². The Labute approximate surface area is 175 Å². The lowest BCUT2D eigenvalue weighted by Crippen LogP contribution is -2.26. The predicted molar refractivity (Wildman–Crippen MR) is 117 cm³/mol. The van der Waals surface area contributed by atoms with E-state index in [1.807, 2.05) is 6.07 Å². The van der Waals surface area contributed by atoms with Crippen LogP contribution in [-0.2, 0) is 0 Å². The lowest BCUT2D eigenvalue weighted by Gasteiger charge is -2.38. The molecule has 4 rings (SSSR count). The first-order valence-corrected chi connectivity index (χ1v) is 11.8. The van der Waals surface area contributed by atoms with Crippen molar-refractivity contribution in [2.45, 2.75) is 77.0 Å². The number of aryl methyl sites for hydroxylation is 1. The summed E-state index contributed by atoms with van der Waals surface area (Å²) in [6.45, 7) is 5.60. The van der Waals surface area contributed by atoms with E-state index in [1.54, 1.807) is 13.0 Å². The molecule has 0 spiro atoms. The average molecular weight is 399 g/mol. The summed E-state index contributed by atoms with van der Waals surface area (Å²) in [6.07, 6.45) is 19.5. The summed E-state index contributed by atoms with van der Waals surface area (Å²) < 4.78 is 28.3. The molecule has 0 radical (unpaired) electrons. The molecule has 0 nitrogen and oxygen atoms in total. The van der Waals surface area contributed by atoms with Crippen molar-refractivity contribution in [1.29, 1.82) is 0 Å². The van der Waals surface area contributed by atoms with E-state index in [0.29, 0.717) is 17.0 Å². The molecule has 0 bridgehead atoms. The molecule has 2 unspecified atom stereocenters. The standard InChI is InChI=1S/C27H36F2/c1-3-19-5-7-20(8-6-19)21-9-11-22(12-10-21)23-13-15-24(16-14-23)25-17-4-18(2)26(28)27(25)29/h3-4,9,11,17,19-24H,1,5-8,10,12-16H2,2H3. The Kier molecular flexibility index (Phi) is 6.56. The van der Waals surface area contributed by atoms with Crippen LogP contribution in [0.25, 0.3) is 0 Å². The van der Waals surface area contributed by atoms with Crippen molar-refractivity contribution >= 4 is 0 Å². The molecule has 158 valence electrons. The first-order chi connectivity index (χ1) is 14.1. The SMILES string of the molecule is C=CC1CCC(C2C=CC(C3CCC(c4ccc(C)c(F)c4F)CC3)CC2)CC1. The molecule has 2 saturated carbocycles. The van der Waals surface area contributed by atoms with E-state index in [-0.39, 0.29) is 5.92 Å². The van der Waals surface area contributed by atoms with Gasteiger partial charge in [-0.1, -0.05) is 30.4 Å². The Morgan fingerprint density at radius 3 is 1.83 bits per heavy atom. The lowest BCUT2D eigenvalue weighted by molar-refractivity contribution is 0.200. The van der Waals surface area contributed by atoms with E-state index in [2.05, 4.69) is 24.8 Å². The average Bonchev–Trinajstić information content (AvgIpc) is 2.78. The number of benzene rings is 1. The Bertz CT molecular complexity index is 733. The Morgan fingerprint density at radius 1 is 0.759 bits per heavy atom. The maximum Gasteiger partial charge on any atom is 0.162 e. The molecule has 3 aliphatic carbocycles. The van der Waals surface area contributed by atoms with Crippen LogP contribution < -0.4 is 0 Å². The summed E-state index contributed by atoms with van der Waals surface area (Å²) in [5.41, 5.74) is 1.00. The van der Waals surface area contributed by atoms with Crippen LogP contribution in [0.4, 0.5) is 8.78 Å². The number of halogens is 2. The molecule has 0 heterocycles. The highest BCUT2D eigenvalue weighted by Crippen LogP contribution is 2.45. The second kappa shape index (κ2) is 9.14. The third kappa shape index (κ3) is 4.52. The molecule has 2 heteroatoms. The van der Waals surface area contributed by atoms with Gasteiger partial charge in [-0.3, -0.25) is 0 Å². The molecular weight excluding hydrogens is 362 g/mol. The van der Waals surface area contributed by atoms with Gasteiger partial charge in [-0.05, 0) is 118 Å². The van der Waals surface area contributed by atoms with Crippen LogP contribution in [0.1, 0.15) is 81.3 Å². The summed E-state index contributed by atoms with van der Waals surface area (Å²) in [5.74, 6) is 2.72. The lowest BCUT2D eigenvalue weighted by atomic mass is 9.67. The number of allylic oxidation sites excluding steroid dienone is 3. The predicted octanol–water partition coefficient (Wildman–Crippen LogP) is 8.12. The third-order valence-electron chi connectivity index (χ3n) is 8.32. The topological polar surface area (TPSA) is 0 Å². The minimum Gasteiger partial charge on any atom is -0.203 e. The highest BCUT2D eigenvalue weighted by Gasteiger charge is 2.32. The normalized spacial score (nSPS) is 35.4. The zero-order chi connectivity index (χ0) is 20.4. The highest BCUT2D eigenvalue weighted by atomic mass is 19.2. The molecule has 0 aromatic heterocycles. The fourth-order valence-corrected chi connectivity index (χ4v) is 6.29. The molecule has 29 heavy (non-hydrogen) atoms. The van der Waals surface area contributed by atoms with Gasteiger partial charge in [0.1, 0.15) is 0 Å². The molecule has 3 aliphatic rings. The first kappa shape index (κ1) is 20.8. The van der Waals surface area contributed by atoms with Gasteiger partial charge in [0.2, 0.25) is 0 Å². The van der Waals surface area contributed by atoms with Gasteiger partial charge >= 0.3 is 0 Å². The van der Waals surface area contributed by atoms with Gasteiger partial charge in [-0.25, -0.2) is 8.78 Å². The number of rotatable bonds is 4. The molecule has 0 saturated heterocycles. The van der Waals surface area contributed by atoms with Crippen LogP contribution in [0.15, 0.2) is 36.9 Å². The molecule has 0 aliphatic heterocycles. The van der Waals surface area contributed by atoms with Crippen LogP contribution in [0, 0.1) is 48.1 Å². The van der Waals surface area contributed by atoms with Gasteiger partial charge in [-0.15, -0.1) is 6.58 Å². The monoisotopic (exact) mass is 398 g/mol. The summed E-state index contributed by atoms with van der Waals surface area (Å²) in [5, 5.41) is 0. The Balaban J connectivity index is 1.30. The summed E-state index contributed by atoms with van der Waals surface area (Å²) >= 11 is 0. The third-order valence-corrected chi connectivity index (χ3v) is 8.32. The van der Waals surface area contributed by atoms with Crippen molar-refractivity contribution in [3.63, 3.8) is 0 Å². The van der Waals surface area contributed by atoms with E-state index >= 15 is 0 Å². The molecule has 2 atom stereocenters. The number of hydrogen-bond acceptors (Lipinski definition) is 0. The van der Waals surface area contributed by atoms with Crippen molar-refractivity contribution in [3.05, 3.63) is 59.7 Å². The fourth-order valence-electron chi connectivity index (χ4n) is 6.29. The van der Waals surface area contributed by atoms with Crippen molar-refractivity contribution in [2.24, 2.45) is 29.6 Å². The van der Waals surface area contributed by atoms with Crippen LogP contribution in [0.2, 0.25) is 0 Å². The molecule has 1 aromatic carbocycles. The van der Waals surface area contributed by atoms with E-state index in [4.69, 9.17) is 0 Å². The molecule has 0 N–H and O–H groups in total. The van der Waals surface area contributed by atoms with Crippen LogP contribution >= 0.6 is 0 Å². The van der Waals surface area contributed by atoms with Crippen molar-refractivity contribution in [2.75, 3.05) is 0 Å². The summed E-state index contributed by atoms with van der Waals surface area (Å²) in [6, 6.07) is 3.54. The summed E-state index contributed by atoms with van der Waals surface area (Å²) in [7, 11) is 0. The van der Waals surface area contributed by atoms with Crippen LogP contribution in [0.3, 0.4) is 0 Å². The molecule has 0 amide bonds. The van der Waals surface area contributed by atoms with Gasteiger partial charge < -0.3 is 0 Å². The van der Waals surface area contributed by atoms with E-state index in [9.17, 15) is 8.78 Å². The molecular formula is C27H36F2. The first-order valence-electron chi connectivity index (χ1n) is 11.8. The zero-order valence-electron chi connectivity index (χ0n) is 17.9. The Morgan fingerprint density at radius 2 is 1.31 bits per heavy atom. The number of hydrogen-bond donors (Lipinski definition) is 0. The quantitative estimate of drug-likeness (QED) is 0.449. The second-order valence-corrected chi connectivity index (χ2v) is 9.91. The van der Waals surface area contributed by atoms with Crippen molar-refractivity contribution in [3.8, 4) is 0 Å². The summed E-state index contributed by atoms with van der Waals surface area (Å²) in [4.78, 5) is 0. The molecule has 2 fully saturated rings. The van der Waals surface area contributed by atoms with Gasteiger partial charge in [0.15, 0.2) is 11.6 Å². The smallest absolute Gasteiger partial charge is 0.162 e. The van der Waals surface area contributed by atoms with E-state index in [0.717, 1.165) is 49.4 Å². The van der Waals surface area contributed by atoms with Gasteiger partial charge in [-0.2, -0.15) is 0 Å². The van der Waals surface area contributed by atoms with Gasteiger partial charge in [0.05, 0.1) is 0 Å². The van der Waals surface area contributed by atoms with E-state index < -0.39 is 11.6 Å².